The molecular weight excluding hydrogens is 322 g/mol. The van der Waals surface area contributed by atoms with Gasteiger partial charge in [-0.15, -0.1) is 0 Å². The number of carbonyl (C=O) groups is 3. The molecule has 0 aliphatic carbocycles. The summed E-state index contributed by atoms with van der Waals surface area (Å²) in [6, 6.07) is 6.02. The first-order chi connectivity index (χ1) is 12.0. The van der Waals surface area contributed by atoms with Crippen molar-refractivity contribution in [1.29, 1.82) is 0 Å². The van der Waals surface area contributed by atoms with Crippen molar-refractivity contribution >= 4 is 23.5 Å². The molecule has 1 aliphatic heterocycles. The number of carbonyl (C=O) groups excluding carboxylic acids is 3. The van der Waals surface area contributed by atoms with E-state index in [1.807, 2.05) is 30.0 Å². The summed E-state index contributed by atoms with van der Waals surface area (Å²) < 4.78 is 4.48. The number of rotatable bonds is 6. The van der Waals surface area contributed by atoms with E-state index in [1.165, 1.54) is 7.11 Å². The lowest BCUT2D eigenvalue weighted by Gasteiger charge is -2.26. The maximum absolute atomic E-state index is 12.1. The molecule has 0 radical (unpaired) electrons. The van der Waals surface area contributed by atoms with E-state index in [9.17, 15) is 14.4 Å². The minimum atomic E-state index is -0.468. The zero-order valence-corrected chi connectivity index (χ0v) is 14.8. The summed E-state index contributed by atoms with van der Waals surface area (Å²) in [6.07, 6.45) is 1.36. The smallest absolute Gasteiger partial charge is 0.325 e. The van der Waals surface area contributed by atoms with Crippen molar-refractivity contribution < 1.29 is 19.1 Å². The first-order valence-corrected chi connectivity index (χ1v) is 8.50. The molecule has 1 aromatic rings. The van der Waals surface area contributed by atoms with Gasteiger partial charge in [-0.1, -0.05) is 12.1 Å². The maximum atomic E-state index is 12.1. The molecule has 0 spiro atoms. The SMILES string of the molecule is CCN1Cc2cc(CCC(=O)NCC(=O)OC)ccc2NCCC1=O. The second-order valence-electron chi connectivity index (χ2n) is 5.93. The molecule has 0 saturated heterocycles. The van der Waals surface area contributed by atoms with Crippen LogP contribution in [0.5, 0.6) is 0 Å². The molecule has 0 unspecified atom stereocenters. The van der Waals surface area contributed by atoms with Gasteiger partial charge in [0, 0.05) is 38.2 Å². The van der Waals surface area contributed by atoms with Crippen LogP contribution in [0, 0.1) is 0 Å². The predicted molar refractivity (Wildman–Crippen MR) is 94.0 cm³/mol. The summed E-state index contributed by atoms with van der Waals surface area (Å²) in [6.45, 7) is 3.73. The van der Waals surface area contributed by atoms with E-state index in [0.717, 1.165) is 16.8 Å². The van der Waals surface area contributed by atoms with Crippen LogP contribution in [0.3, 0.4) is 0 Å². The molecule has 2 N–H and O–H groups in total. The summed E-state index contributed by atoms with van der Waals surface area (Å²) in [5, 5.41) is 5.82. The molecule has 7 heteroatoms. The number of hydrogen-bond acceptors (Lipinski definition) is 5. The summed E-state index contributed by atoms with van der Waals surface area (Å²) in [5.74, 6) is -0.515. The minimum absolute atomic E-state index is 0.114. The Balaban J connectivity index is 1.98. The minimum Gasteiger partial charge on any atom is -0.468 e. The van der Waals surface area contributed by atoms with Crippen molar-refractivity contribution in [2.45, 2.75) is 32.7 Å². The number of hydrogen-bond donors (Lipinski definition) is 2. The number of ether oxygens (including phenoxy) is 1. The van der Waals surface area contributed by atoms with Crippen molar-refractivity contribution in [2.75, 3.05) is 32.1 Å². The van der Waals surface area contributed by atoms with Crippen LogP contribution < -0.4 is 10.6 Å². The molecule has 1 aliphatic rings. The van der Waals surface area contributed by atoms with Gasteiger partial charge in [0.1, 0.15) is 6.54 Å². The number of nitrogens with zero attached hydrogens (tertiary/aromatic N) is 1. The molecule has 0 fully saturated rings. The van der Waals surface area contributed by atoms with Gasteiger partial charge in [-0.25, -0.2) is 0 Å². The number of amides is 2. The Kier molecular flexibility index (Phi) is 6.80. The highest BCUT2D eigenvalue weighted by Gasteiger charge is 2.17. The highest BCUT2D eigenvalue weighted by atomic mass is 16.5. The molecule has 1 aromatic carbocycles. The van der Waals surface area contributed by atoms with E-state index in [1.54, 1.807) is 0 Å². The Morgan fingerprint density at radius 2 is 2.16 bits per heavy atom. The van der Waals surface area contributed by atoms with Gasteiger partial charge in [-0.2, -0.15) is 0 Å². The number of anilines is 1. The molecule has 136 valence electrons. The third kappa shape index (κ3) is 5.48. The van der Waals surface area contributed by atoms with Crippen molar-refractivity contribution in [2.24, 2.45) is 0 Å². The average molecular weight is 347 g/mol. The lowest BCUT2D eigenvalue weighted by molar-refractivity contribution is -0.141. The van der Waals surface area contributed by atoms with Crippen LogP contribution in [-0.4, -0.2) is 49.4 Å². The number of methoxy groups -OCH3 is 1. The number of fused-ring (bicyclic) bond motifs is 1. The summed E-state index contributed by atoms with van der Waals surface area (Å²) in [4.78, 5) is 36.7. The van der Waals surface area contributed by atoms with Crippen molar-refractivity contribution in [3.63, 3.8) is 0 Å². The first-order valence-electron chi connectivity index (χ1n) is 8.50. The fraction of sp³-hybridized carbons (Fsp3) is 0.500. The normalized spacial score (nSPS) is 14.0. The molecule has 1 heterocycles. The second kappa shape index (κ2) is 9.05. The Labute approximate surface area is 147 Å². The Morgan fingerprint density at radius 3 is 2.88 bits per heavy atom. The van der Waals surface area contributed by atoms with Crippen molar-refractivity contribution in [3.8, 4) is 0 Å². The van der Waals surface area contributed by atoms with Crippen LogP contribution in [0.2, 0.25) is 0 Å². The van der Waals surface area contributed by atoms with Gasteiger partial charge in [0.2, 0.25) is 11.8 Å². The number of esters is 1. The van der Waals surface area contributed by atoms with Crippen LogP contribution in [0.25, 0.3) is 0 Å². The number of benzene rings is 1. The number of nitrogens with one attached hydrogen (secondary N) is 2. The fourth-order valence-corrected chi connectivity index (χ4v) is 2.74. The summed E-state index contributed by atoms with van der Waals surface area (Å²) in [5.41, 5.74) is 3.12. The van der Waals surface area contributed by atoms with Gasteiger partial charge in [-0.05, 0) is 30.5 Å². The van der Waals surface area contributed by atoms with Crippen LogP contribution >= 0.6 is 0 Å². The van der Waals surface area contributed by atoms with Crippen LogP contribution in [0.4, 0.5) is 5.69 Å². The van der Waals surface area contributed by atoms with Gasteiger partial charge in [0.05, 0.1) is 7.11 Å². The van der Waals surface area contributed by atoms with Crippen LogP contribution in [-0.2, 0) is 32.1 Å². The van der Waals surface area contributed by atoms with E-state index in [0.29, 0.717) is 38.9 Å². The van der Waals surface area contributed by atoms with Crippen molar-refractivity contribution in [1.82, 2.24) is 10.2 Å². The first kappa shape index (κ1) is 18.8. The Morgan fingerprint density at radius 1 is 1.36 bits per heavy atom. The van der Waals surface area contributed by atoms with E-state index in [-0.39, 0.29) is 18.4 Å². The van der Waals surface area contributed by atoms with Gasteiger partial charge in [0.25, 0.3) is 0 Å². The van der Waals surface area contributed by atoms with E-state index in [2.05, 4.69) is 15.4 Å². The quantitative estimate of drug-likeness (QED) is 0.752. The Bertz CT molecular complexity index is 645. The van der Waals surface area contributed by atoms with Gasteiger partial charge >= 0.3 is 5.97 Å². The van der Waals surface area contributed by atoms with E-state index < -0.39 is 5.97 Å². The van der Waals surface area contributed by atoms with Crippen molar-refractivity contribution in [3.05, 3.63) is 29.3 Å². The highest BCUT2D eigenvalue weighted by Crippen LogP contribution is 2.22. The molecule has 0 aromatic heterocycles. The second-order valence-corrected chi connectivity index (χ2v) is 5.93. The predicted octanol–water partition coefficient (Wildman–Crippen LogP) is 1.07. The van der Waals surface area contributed by atoms with Gasteiger partial charge in [-0.3, -0.25) is 14.4 Å². The zero-order chi connectivity index (χ0) is 18.2. The molecule has 2 amide bonds. The molecule has 25 heavy (non-hydrogen) atoms. The highest BCUT2D eigenvalue weighted by molar-refractivity contribution is 5.82. The fourth-order valence-electron chi connectivity index (χ4n) is 2.74. The molecule has 7 nitrogen and oxygen atoms in total. The standard InChI is InChI=1S/C18H25N3O4/c1-3-21-12-14-10-13(4-6-15(14)19-9-8-17(21)23)5-7-16(22)20-11-18(24)25-2/h4,6,10,19H,3,5,7-9,11-12H2,1-2H3,(H,20,22). The third-order valence-electron chi connectivity index (χ3n) is 4.22. The van der Waals surface area contributed by atoms with Crippen LogP contribution in [0.1, 0.15) is 30.9 Å². The third-order valence-corrected chi connectivity index (χ3v) is 4.22. The van der Waals surface area contributed by atoms with E-state index in [4.69, 9.17) is 0 Å². The van der Waals surface area contributed by atoms with Gasteiger partial charge < -0.3 is 20.3 Å². The van der Waals surface area contributed by atoms with Gasteiger partial charge in [0.15, 0.2) is 0 Å². The molecule has 0 saturated carbocycles. The topological polar surface area (TPSA) is 87.7 Å². The molecule has 0 atom stereocenters. The molecular formula is C18H25N3O4. The largest absolute Gasteiger partial charge is 0.468 e. The summed E-state index contributed by atoms with van der Waals surface area (Å²) in [7, 11) is 1.28. The Hall–Kier alpha value is -2.57. The zero-order valence-electron chi connectivity index (χ0n) is 14.8. The monoisotopic (exact) mass is 347 g/mol. The lowest BCUT2D eigenvalue weighted by Crippen LogP contribution is -2.33. The molecule has 2 rings (SSSR count). The number of aryl methyl sites for hydroxylation is 1. The molecule has 0 bridgehead atoms. The lowest BCUT2D eigenvalue weighted by atomic mass is 10.0. The van der Waals surface area contributed by atoms with Crippen LogP contribution in [0.15, 0.2) is 18.2 Å². The van der Waals surface area contributed by atoms with E-state index >= 15 is 0 Å². The maximum Gasteiger partial charge on any atom is 0.325 e. The summed E-state index contributed by atoms with van der Waals surface area (Å²) >= 11 is 0. The average Bonchev–Trinajstić information content (AvgIpc) is 2.61.